The largest absolute Gasteiger partial charge is 0.329 e. The zero-order valence-corrected chi connectivity index (χ0v) is 8.74. The average molecular weight is 205 g/mol. The summed E-state index contributed by atoms with van der Waals surface area (Å²) in [5.41, 5.74) is 6.67. The summed E-state index contributed by atoms with van der Waals surface area (Å²) in [4.78, 5) is 4.10. The number of aromatic nitrogens is 4. The van der Waals surface area contributed by atoms with Crippen molar-refractivity contribution in [1.29, 1.82) is 0 Å². The summed E-state index contributed by atoms with van der Waals surface area (Å²) in [7, 11) is 0. The fraction of sp³-hybridized carbons (Fsp3) is 0.400. The van der Waals surface area contributed by atoms with E-state index < -0.39 is 0 Å². The van der Waals surface area contributed by atoms with E-state index in [9.17, 15) is 0 Å². The molecule has 0 aliphatic carbocycles. The van der Waals surface area contributed by atoms with Crippen LogP contribution in [0.3, 0.4) is 0 Å². The topological polar surface area (TPSA) is 61.7 Å². The van der Waals surface area contributed by atoms with Crippen molar-refractivity contribution in [3.63, 3.8) is 0 Å². The summed E-state index contributed by atoms with van der Waals surface area (Å²) in [5, 5.41) is 4.17. The molecule has 2 aromatic rings. The molecule has 2 heterocycles. The summed E-state index contributed by atoms with van der Waals surface area (Å²) in [6.45, 7) is 3.47. The van der Waals surface area contributed by atoms with Crippen LogP contribution in [-0.2, 0) is 13.1 Å². The lowest BCUT2D eigenvalue weighted by atomic mass is 10.3. The summed E-state index contributed by atoms with van der Waals surface area (Å²) in [6, 6.07) is 2.23. The molecule has 15 heavy (non-hydrogen) atoms. The van der Waals surface area contributed by atoms with Crippen molar-refractivity contribution in [2.24, 2.45) is 5.73 Å². The maximum absolute atomic E-state index is 5.62. The normalized spacial score (nSPS) is 12.9. The maximum atomic E-state index is 5.62. The molecule has 0 amide bonds. The van der Waals surface area contributed by atoms with Crippen LogP contribution in [0.2, 0.25) is 0 Å². The van der Waals surface area contributed by atoms with Gasteiger partial charge in [0.2, 0.25) is 0 Å². The first-order chi connectivity index (χ1) is 7.31. The number of nitrogens with two attached hydrogens (primary N) is 1. The molecule has 5 heteroatoms. The van der Waals surface area contributed by atoms with Gasteiger partial charge in [-0.3, -0.25) is 4.68 Å². The minimum atomic E-state index is 0.311. The lowest BCUT2D eigenvalue weighted by Gasteiger charge is -2.15. The van der Waals surface area contributed by atoms with Crippen LogP contribution in [0, 0.1) is 0 Å². The van der Waals surface area contributed by atoms with E-state index in [0.717, 1.165) is 12.2 Å². The highest BCUT2D eigenvalue weighted by Gasteiger charge is 2.08. The van der Waals surface area contributed by atoms with E-state index in [2.05, 4.69) is 21.6 Å². The zero-order chi connectivity index (χ0) is 10.7. The Morgan fingerprint density at radius 3 is 3.07 bits per heavy atom. The number of nitrogens with zero attached hydrogens (tertiary/aromatic N) is 4. The van der Waals surface area contributed by atoms with Crippen molar-refractivity contribution in [1.82, 2.24) is 19.3 Å². The van der Waals surface area contributed by atoms with Gasteiger partial charge >= 0.3 is 0 Å². The van der Waals surface area contributed by atoms with Crippen LogP contribution in [0.15, 0.2) is 31.0 Å². The quantitative estimate of drug-likeness (QED) is 0.803. The molecule has 0 aliphatic rings. The number of imidazole rings is 1. The number of hydrogen-bond acceptors (Lipinski definition) is 3. The Morgan fingerprint density at radius 1 is 1.53 bits per heavy atom. The van der Waals surface area contributed by atoms with Gasteiger partial charge in [-0.25, -0.2) is 4.98 Å². The van der Waals surface area contributed by atoms with Crippen molar-refractivity contribution in [2.45, 2.75) is 26.1 Å². The minimum absolute atomic E-state index is 0.311. The van der Waals surface area contributed by atoms with Crippen molar-refractivity contribution >= 4 is 0 Å². The van der Waals surface area contributed by atoms with Gasteiger partial charge in [0.25, 0.3) is 0 Å². The third kappa shape index (κ3) is 2.07. The SMILES string of the molecule is CC(Cn1cccn1)n1cncc1CN. The van der Waals surface area contributed by atoms with Gasteiger partial charge in [0.15, 0.2) is 0 Å². The molecule has 0 saturated carbocycles. The molecular weight excluding hydrogens is 190 g/mol. The standard InChI is InChI=1S/C10H15N5/c1-9(7-14-4-2-3-13-14)15-8-12-6-10(15)5-11/h2-4,6,8-9H,5,7,11H2,1H3. The van der Waals surface area contributed by atoms with Gasteiger partial charge in [0.1, 0.15) is 0 Å². The molecule has 5 nitrogen and oxygen atoms in total. The third-order valence-corrected chi connectivity index (χ3v) is 2.44. The van der Waals surface area contributed by atoms with E-state index in [1.807, 2.05) is 23.3 Å². The second kappa shape index (κ2) is 4.27. The van der Waals surface area contributed by atoms with E-state index in [0.29, 0.717) is 12.6 Å². The van der Waals surface area contributed by atoms with Crippen LogP contribution >= 0.6 is 0 Å². The summed E-state index contributed by atoms with van der Waals surface area (Å²) in [5.74, 6) is 0. The molecule has 0 radical (unpaired) electrons. The minimum Gasteiger partial charge on any atom is -0.329 e. The van der Waals surface area contributed by atoms with Gasteiger partial charge in [0.05, 0.1) is 24.6 Å². The molecule has 1 unspecified atom stereocenters. The molecule has 0 saturated heterocycles. The van der Waals surface area contributed by atoms with Crippen LogP contribution in [0.4, 0.5) is 0 Å². The van der Waals surface area contributed by atoms with Crippen molar-refractivity contribution < 1.29 is 0 Å². The molecule has 2 N–H and O–H groups in total. The van der Waals surface area contributed by atoms with E-state index in [1.54, 1.807) is 12.4 Å². The zero-order valence-electron chi connectivity index (χ0n) is 8.74. The fourth-order valence-corrected chi connectivity index (χ4v) is 1.65. The lowest BCUT2D eigenvalue weighted by Crippen LogP contribution is -2.16. The van der Waals surface area contributed by atoms with Crippen LogP contribution in [-0.4, -0.2) is 19.3 Å². The molecule has 1 atom stereocenters. The van der Waals surface area contributed by atoms with Gasteiger partial charge < -0.3 is 10.3 Å². The Hall–Kier alpha value is -1.62. The lowest BCUT2D eigenvalue weighted by molar-refractivity contribution is 0.427. The Bertz CT molecular complexity index is 403. The molecular formula is C10H15N5. The predicted octanol–water partition coefficient (Wildman–Crippen LogP) is 0.799. The highest BCUT2D eigenvalue weighted by atomic mass is 15.3. The highest BCUT2D eigenvalue weighted by Crippen LogP contribution is 2.11. The van der Waals surface area contributed by atoms with E-state index in [4.69, 9.17) is 5.73 Å². The van der Waals surface area contributed by atoms with Crippen molar-refractivity contribution in [3.05, 3.63) is 36.7 Å². The van der Waals surface area contributed by atoms with Gasteiger partial charge in [-0.2, -0.15) is 5.10 Å². The molecule has 0 aromatic carbocycles. The summed E-state index contributed by atoms with van der Waals surface area (Å²) < 4.78 is 3.99. The molecule has 80 valence electrons. The Balaban J connectivity index is 2.11. The molecule has 0 fully saturated rings. The Kier molecular flexibility index (Phi) is 2.82. The monoisotopic (exact) mass is 205 g/mol. The maximum Gasteiger partial charge on any atom is 0.0951 e. The molecule has 0 bridgehead atoms. The molecule has 2 rings (SSSR count). The molecule has 0 spiro atoms. The molecule has 0 aliphatic heterocycles. The van der Waals surface area contributed by atoms with Crippen LogP contribution in [0.1, 0.15) is 18.7 Å². The van der Waals surface area contributed by atoms with Crippen molar-refractivity contribution in [2.75, 3.05) is 0 Å². The second-order valence-electron chi connectivity index (χ2n) is 3.57. The van der Waals surface area contributed by atoms with Gasteiger partial charge in [-0.1, -0.05) is 0 Å². The highest BCUT2D eigenvalue weighted by molar-refractivity contribution is 4.99. The second-order valence-corrected chi connectivity index (χ2v) is 3.57. The van der Waals surface area contributed by atoms with Gasteiger partial charge in [0, 0.05) is 25.1 Å². The summed E-state index contributed by atoms with van der Waals surface area (Å²) >= 11 is 0. The first-order valence-electron chi connectivity index (χ1n) is 4.99. The Labute approximate surface area is 88.5 Å². The van der Waals surface area contributed by atoms with Crippen LogP contribution in [0.5, 0.6) is 0 Å². The third-order valence-electron chi connectivity index (χ3n) is 2.44. The average Bonchev–Trinajstić information content (AvgIpc) is 2.86. The summed E-state index contributed by atoms with van der Waals surface area (Å²) in [6.07, 6.45) is 7.36. The Morgan fingerprint density at radius 2 is 2.40 bits per heavy atom. The van der Waals surface area contributed by atoms with Crippen molar-refractivity contribution in [3.8, 4) is 0 Å². The smallest absolute Gasteiger partial charge is 0.0951 e. The van der Waals surface area contributed by atoms with E-state index >= 15 is 0 Å². The van der Waals surface area contributed by atoms with Crippen LogP contribution < -0.4 is 5.73 Å². The van der Waals surface area contributed by atoms with E-state index in [-0.39, 0.29) is 0 Å². The fourth-order valence-electron chi connectivity index (χ4n) is 1.65. The number of hydrogen-bond donors (Lipinski definition) is 1. The van der Waals surface area contributed by atoms with Crippen LogP contribution in [0.25, 0.3) is 0 Å². The predicted molar refractivity (Wildman–Crippen MR) is 57.1 cm³/mol. The van der Waals surface area contributed by atoms with E-state index in [1.165, 1.54) is 0 Å². The first kappa shape index (κ1) is 9.92. The molecule has 2 aromatic heterocycles. The van der Waals surface area contributed by atoms with Gasteiger partial charge in [-0.15, -0.1) is 0 Å². The number of rotatable bonds is 4. The van der Waals surface area contributed by atoms with Gasteiger partial charge in [-0.05, 0) is 13.0 Å². The first-order valence-corrected chi connectivity index (χ1v) is 4.99.